The van der Waals surface area contributed by atoms with Gasteiger partial charge in [0.05, 0.1) is 12.0 Å². The smallest absolute Gasteiger partial charge is 0.471 e. The number of nitrogens with zero attached hydrogens (tertiary/aromatic N) is 5. The van der Waals surface area contributed by atoms with Gasteiger partial charge in [0.2, 0.25) is 5.95 Å². The van der Waals surface area contributed by atoms with E-state index in [0.29, 0.717) is 5.69 Å². The molecule has 2 N–H and O–H groups in total. The van der Waals surface area contributed by atoms with E-state index in [1.54, 1.807) is 0 Å². The number of hydrogen-bond acceptors (Lipinski definition) is 5. The van der Waals surface area contributed by atoms with Gasteiger partial charge in [0.25, 0.3) is 0 Å². The van der Waals surface area contributed by atoms with Crippen molar-refractivity contribution in [2.75, 3.05) is 5.32 Å². The predicted molar refractivity (Wildman–Crippen MR) is 71.8 cm³/mol. The Bertz CT molecular complexity index is 932. The fraction of sp³-hybridized carbons (Fsp3) is 0.0833. The molecule has 0 saturated carbocycles. The Kier molecular flexibility index (Phi) is 3.43. The highest BCUT2D eigenvalue weighted by Crippen LogP contribution is 2.20. The zero-order chi connectivity index (χ0) is 17.5. The second-order valence-corrected chi connectivity index (χ2v) is 4.50. The zero-order valence-corrected chi connectivity index (χ0v) is 11.5. The molecule has 9 nitrogen and oxygen atoms in total. The van der Waals surface area contributed by atoms with E-state index in [4.69, 9.17) is 5.11 Å². The molecule has 0 aliphatic heterocycles. The number of hydrogen-bond donors (Lipinski definition) is 2. The van der Waals surface area contributed by atoms with Crippen molar-refractivity contribution >= 4 is 23.5 Å². The number of imidazole rings is 1. The van der Waals surface area contributed by atoms with Crippen LogP contribution in [0.2, 0.25) is 0 Å². The van der Waals surface area contributed by atoms with Crippen LogP contribution in [0.3, 0.4) is 0 Å². The van der Waals surface area contributed by atoms with Crippen LogP contribution in [-0.2, 0) is 4.79 Å². The number of carbonyl (C=O) groups is 2. The molecule has 0 aliphatic rings. The Morgan fingerprint density at radius 1 is 1.25 bits per heavy atom. The van der Waals surface area contributed by atoms with Gasteiger partial charge in [0.1, 0.15) is 0 Å². The van der Waals surface area contributed by atoms with Gasteiger partial charge in [-0.15, -0.1) is 5.10 Å². The molecule has 3 aromatic heterocycles. The molecule has 0 atom stereocenters. The summed E-state index contributed by atoms with van der Waals surface area (Å²) in [5.41, 5.74) is -0.0863. The van der Waals surface area contributed by atoms with E-state index in [1.807, 2.05) is 0 Å². The topological polar surface area (TPSA) is 114 Å². The summed E-state index contributed by atoms with van der Waals surface area (Å²) in [6.07, 6.45) is -0.762. The molecule has 1 amide bonds. The summed E-state index contributed by atoms with van der Waals surface area (Å²) in [4.78, 5) is 29.8. The van der Waals surface area contributed by atoms with Crippen molar-refractivity contribution < 1.29 is 27.9 Å². The number of amides is 1. The van der Waals surface area contributed by atoms with Crippen molar-refractivity contribution in [3.05, 3.63) is 36.5 Å². The van der Waals surface area contributed by atoms with E-state index in [-0.39, 0.29) is 11.3 Å². The molecular weight excluding hydrogens is 333 g/mol. The van der Waals surface area contributed by atoms with Crippen LogP contribution in [0, 0.1) is 0 Å². The molecule has 0 spiro atoms. The first-order chi connectivity index (χ1) is 11.3. The van der Waals surface area contributed by atoms with Gasteiger partial charge in [-0.25, -0.2) is 14.3 Å². The Balaban J connectivity index is 2.15. The Hall–Kier alpha value is -3.44. The number of carbonyl (C=O) groups excluding carboxylic acids is 1. The number of fused-ring (bicyclic) bond motifs is 1. The van der Waals surface area contributed by atoms with Crippen LogP contribution in [0.5, 0.6) is 0 Å². The summed E-state index contributed by atoms with van der Waals surface area (Å²) in [7, 11) is 0. The van der Waals surface area contributed by atoms with E-state index in [0.717, 1.165) is 4.52 Å². The minimum absolute atomic E-state index is 0.0645. The minimum Gasteiger partial charge on any atom is -0.477 e. The normalized spacial score (nSPS) is 11.6. The maximum absolute atomic E-state index is 12.3. The number of aromatic carboxylic acids is 1. The fourth-order valence-electron chi connectivity index (χ4n) is 1.94. The second-order valence-electron chi connectivity index (χ2n) is 4.50. The van der Waals surface area contributed by atoms with E-state index in [2.05, 4.69) is 15.1 Å². The van der Waals surface area contributed by atoms with E-state index >= 15 is 0 Å². The molecule has 0 unspecified atom stereocenters. The van der Waals surface area contributed by atoms with E-state index < -0.39 is 24.0 Å². The Labute approximate surface area is 130 Å². The number of nitrogens with one attached hydrogen (secondary N) is 1. The Morgan fingerprint density at radius 2 is 2.00 bits per heavy atom. The van der Waals surface area contributed by atoms with Crippen LogP contribution < -0.4 is 5.32 Å². The van der Waals surface area contributed by atoms with Crippen LogP contribution in [-0.4, -0.2) is 47.3 Å². The zero-order valence-electron chi connectivity index (χ0n) is 11.5. The maximum Gasteiger partial charge on any atom is 0.471 e. The molecule has 24 heavy (non-hydrogen) atoms. The third-order valence-electron chi connectivity index (χ3n) is 2.95. The second kappa shape index (κ2) is 5.33. The third kappa shape index (κ3) is 2.64. The number of rotatable bonds is 3. The van der Waals surface area contributed by atoms with Gasteiger partial charge in [-0.05, 0) is 12.1 Å². The van der Waals surface area contributed by atoms with Crippen molar-refractivity contribution in [2.45, 2.75) is 6.18 Å². The van der Waals surface area contributed by atoms with Crippen LogP contribution >= 0.6 is 0 Å². The van der Waals surface area contributed by atoms with Crippen LogP contribution in [0.15, 0.2) is 30.9 Å². The number of anilines is 1. The molecule has 0 bridgehead atoms. The van der Waals surface area contributed by atoms with Gasteiger partial charge in [-0.2, -0.15) is 18.2 Å². The molecule has 3 aromatic rings. The Morgan fingerprint density at radius 3 is 2.58 bits per heavy atom. The number of aromatic nitrogens is 5. The minimum atomic E-state index is -5.12. The molecule has 0 radical (unpaired) electrons. The largest absolute Gasteiger partial charge is 0.477 e. The fourth-order valence-corrected chi connectivity index (χ4v) is 1.94. The maximum atomic E-state index is 12.3. The van der Waals surface area contributed by atoms with Crippen molar-refractivity contribution in [3.8, 4) is 5.69 Å². The summed E-state index contributed by atoms with van der Waals surface area (Å²) in [5, 5.41) is 14.3. The summed E-state index contributed by atoms with van der Waals surface area (Å²) in [5.74, 6) is -4.30. The molecule has 12 heteroatoms. The first kappa shape index (κ1) is 15.5. The number of carboxylic acid groups (broad SMARTS) is 1. The highest BCUT2D eigenvalue weighted by atomic mass is 19.4. The number of carboxylic acids is 1. The quantitative estimate of drug-likeness (QED) is 0.738. The van der Waals surface area contributed by atoms with Crippen molar-refractivity contribution in [1.82, 2.24) is 24.1 Å². The predicted octanol–water partition coefficient (Wildman–Crippen LogP) is 1.11. The van der Waals surface area contributed by atoms with E-state index in [1.165, 1.54) is 40.7 Å². The summed E-state index contributed by atoms with van der Waals surface area (Å²) in [6.45, 7) is 0. The van der Waals surface area contributed by atoms with Crippen molar-refractivity contribution in [2.24, 2.45) is 0 Å². The molecule has 0 aromatic carbocycles. The average molecular weight is 340 g/mol. The molecule has 0 aliphatic carbocycles. The standard InChI is InChI=1S/C12H7F3N6O3/c13-12(14,15)10(24)18-11-17-8-6(20-4-3-16-5-20)1-2-7(9(22)23)21(8)19-11/h1-5H,(H,22,23)(H,18,19,24). The highest BCUT2D eigenvalue weighted by molar-refractivity contribution is 5.94. The van der Waals surface area contributed by atoms with Crippen molar-refractivity contribution in [1.29, 1.82) is 0 Å². The lowest BCUT2D eigenvalue weighted by Crippen LogP contribution is -2.30. The number of halogens is 3. The highest BCUT2D eigenvalue weighted by Gasteiger charge is 2.39. The number of pyridine rings is 1. The van der Waals surface area contributed by atoms with Crippen LogP contribution in [0.4, 0.5) is 19.1 Å². The monoisotopic (exact) mass is 340 g/mol. The van der Waals surface area contributed by atoms with E-state index in [9.17, 15) is 22.8 Å². The summed E-state index contributed by atoms with van der Waals surface area (Å²) in [6, 6.07) is 2.60. The van der Waals surface area contributed by atoms with Gasteiger partial charge in [0, 0.05) is 12.4 Å². The van der Waals surface area contributed by atoms with Crippen molar-refractivity contribution in [3.63, 3.8) is 0 Å². The lowest BCUT2D eigenvalue weighted by atomic mass is 10.3. The van der Waals surface area contributed by atoms with Gasteiger partial charge in [0.15, 0.2) is 11.3 Å². The van der Waals surface area contributed by atoms with Gasteiger partial charge in [-0.1, -0.05) is 0 Å². The lowest BCUT2D eigenvalue weighted by Gasteiger charge is -2.05. The van der Waals surface area contributed by atoms with Crippen LogP contribution in [0.1, 0.15) is 10.5 Å². The first-order valence-electron chi connectivity index (χ1n) is 6.27. The molecule has 0 fully saturated rings. The van der Waals surface area contributed by atoms with Gasteiger partial charge >= 0.3 is 18.1 Å². The SMILES string of the molecule is O=C(O)c1ccc(-n2ccnc2)c2nc(NC(=O)C(F)(F)F)nn12. The average Bonchev–Trinajstić information content (AvgIpc) is 3.13. The molecular formula is C12H7F3N6O3. The third-order valence-corrected chi connectivity index (χ3v) is 2.95. The molecule has 0 saturated heterocycles. The summed E-state index contributed by atoms with van der Waals surface area (Å²) < 4.78 is 39.2. The molecule has 3 rings (SSSR count). The lowest BCUT2D eigenvalue weighted by molar-refractivity contribution is -0.167. The molecule has 3 heterocycles. The number of alkyl halides is 3. The molecule has 124 valence electrons. The van der Waals surface area contributed by atoms with Gasteiger partial charge in [-0.3, -0.25) is 10.1 Å². The van der Waals surface area contributed by atoms with Gasteiger partial charge < -0.3 is 9.67 Å². The first-order valence-corrected chi connectivity index (χ1v) is 6.27. The van der Waals surface area contributed by atoms with Crippen LogP contribution in [0.25, 0.3) is 11.3 Å². The summed E-state index contributed by atoms with van der Waals surface area (Å²) >= 11 is 0.